The third-order valence-corrected chi connectivity index (χ3v) is 3.02. The molecule has 0 saturated carbocycles. The molecule has 0 aromatic carbocycles. The summed E-state index contributed by atoms with van der Waals surface area (Å²) in [5, 5.41) is 5.12. The number of anilines is 1. The van der Waals surface area contributed by atoms with Crippen LogP contribution in [-0.4, -0.2) is 43.1 Å². The van der Waals surface area contributed by atoms with Crippen LogP contribution < -0.4 is 5.32 Å². The predicted octanol–water partition coefficient (Wildman–Crippen LogP) is 1.73. The summed E-state index contributed by atoms with van der Waals surface area (Å²) in [6.07, 6.45) is 1.77. The quantitative estimate of drug-likeness (QED) is 0.828. The Morgan fingerprint density at radius 2 is 2.22 bits per heavy atom. The molecule has 0 atom stereocenters. The standard InChI is InChI=1S/C11H17N3O3S/c1-14(2)11(16)13-10-12-8(7-18-10)5-4-6-9(15)17-3/h7H,4-6H2,1-3H3,(H,12,13,16). The van der Waals surface area contributed by atoms with E-state index in [0.717, 1.165) is 5.69 Å². The number of carbonyl (C=O) groups is 2. The highest BCUT2D eigenvalue weighted by Crippen LogP contribution is 2.17. The first kappa shape index (κ1) is 14.4. The Balaban J connectivity index is 2.39. The van der Waals surface area contributed by atoms with E-state index in [1.807, 2.05) is 5.38 Å². The summed E-state index contributed by atoms with van der Waals surface area (Å²) in [7, 11) is 4.71. The SMILES string of the molecule is COC(=O)CCCc1csc(NC(=O)N(C)C)n1. The molecule has 18 heavy (non-hydrogen) atoms. The molecule has 0 aliphatic carbocycles. The number of rotatable bonds is 5. The molecule has 0 spiro atoms. The molecule has 0 bridgehead atoms. The molecule has 0 aliphatic rings. The van der Waals surface area contributed by atoms with Crippen LogP contribution >= 0.6 is 11.3 Å². The first-order valence-corrected chi connectivity index (χ1v) is 6.40. The van der Waals surface area contributed by atoms with Gasteiger partial charge in [0.15, 0.2) is 5.13 Å². The fourth-order valence-corrected chi connectivity index (χ4v) is 1.93. The maximum absolute atomic E-state index is 11.4. The van der Waals surface area contributed by atoms with Crippen LogP contribution in [0.5, 0.6) is 0 Å². The summed E-state index contributed by atoms with van der Waals surface area (Å²) in [5.41, 5.74) is 0.873. The predicted molar refractivity (Wildman–Crippen MR) is 69.8 cm³/mol. The fourth-order valence-electron chi connectivity index (χ4n) is 1.20. The lowest BCUT2D eigenvalue weighted by Crippen LogP contribution is -2.27. The van der Waals surface area contributed by atoms with Crippen molar-refractivity contribution < 1.29 is 14.3 Å². The Labute approximate surface area is 110 Å². The summed E-state index contributed by atoms with van der Waals surface area (Å²) >= 11 is 1.37. The van der Waals surface area contributed by atoms with Crippen molar-refractivity contribution in [1.29, 1.82) is 0 Å². The number of urea groups is 1. The Hall–Kier alpha value is -1.63. The molecular weight excluding hydrogens is 254 g/mol. The largest absolute Gasteiger partial charge is 0.469 e. The van der Waals surface area contributed by atoms with E-state index in [1.165, 1.54) is 23.3 Å². The van der Waals surface area contributed by atoms with Gasteiger partial charge in [-0.2, -0.15) is 0 Å². The lowest BCUT2D eigenvalue weighted by molar-refractivity contribution is -0.140. The van der Waals surface area contributed by atoms with Crippen LogP contribution in [0.25, 0.3) is 0 Å². The van der Waals surface area contributed by atoms with Gasteiger partial charge in [-0.05, 0) is 12.8 Å². The Bertz CT molecular complexity index is 417. The molecule has 0 fully saturated rings. The maximum atomic E-state index is 11.4. The van der Waals surface area contributed by atoms with Crippen LogP contribution in [0.2, 0.25) is 0 Å². The van der Waals surface area contributed by atoms with Gasteiger partial charge in [0.05, 0.1) is 12.8 Å². The van der Waals surface area contributed by atoms with Crippen LogP contribution in [0.15, 0.2) is 5.38 Å². The second kappa shape index (κ2) is 6.95. The molecule has 0 unspecified atom stereocenters. The van der Waals surface area contributed by atoms with Crippen molar-refractivity contribution in [2.45, 2.75) is 19.3 Å². The van der Waals surface area contributed by atoms with Crippen LogP contribution in [0.1, 0.15) is 18.5 Å². The molecule has 0 radical (unpaired) electrons. The molecule has 100 valence electrons. The molecule has 7 heteroatoms. The molecule has 0 saturated heterocycles. The number of thiazole rings is 1. The van der Waals surface area contributed by atoms with E-state index in [4.69, 9.17) is 0 Å². The van der Waals surface area contributed by atoms with Crippen molar-refractivity contribution in [2.24, 2.45) is 0 Å². The first-order valence-electron chi connectivity index (χ1n) is 5.52. The van der Waals surface area contributed by atoms with Crippen molar-refractivity contribution in [3.63, 3.8) is 0 Å². The van der Waals surface area contributed by atoms with Gasteiger partial charge in [-0.25, -0.2) is 9.78 Å². The van der Waals surface area contributed by atoms with Crippen molar-refractivity contribution in [3.05, 3.63) is 11.1 Å². The summed E-state index contributed by atoms with van der Waals surface area (Å²) < 4.78 is 4.55. The fraction of sp³-hybridized carbons (Fsp3) is 0.545. The van der Waals surface area contributed by atoms with Crippen molar-refractivity contribution in [3.8, 4) is 0 Å². The molecule has 1 aromatic heterocycles. The summed E-state index contributed by atoms with van der Waals surface area (Å²) in [6, 6.07) is -0.203. The normalized spacial score (nSPS) is 9.94. The molecule has 0 aliphatic heterocycles. The Morgan fingerprint density at radius 1 is 1.50 bits per heavy atom. The molecule has 2 amide bonds. The van der Waals surface area contributed by atoms with Crippen molar-refractivity contribution in [2.75, 3.05) is 26.5 Å². The lowest BCUT2D eigenvalue weighted by atomic mass is 10.2. The topological polar surface area (TPSA) is 71.5 Å². The number of amides is 2. The highest BCUT2D eigenvalue weighted by atomic mass is 32.1. The van der Waals surface area contributed by atoms with Gasteiger partial charge >= 0.3 is 12.0 Å². The van der Waals surface area contributed by atoms with E-state index in [-0.39, 0.29) is 12.0 Å². The molecule has 1 aromatic rings. The molecule has 1 rings (SSSR count). The molecule has 1 heterocycles. The van der Waals surface area contributed by atoms with Gasteiger partial charge in [0.2, 0.25) is 0 Å². The number of aryl methyl sites for hydroxylation is 1. The van der Waals surface area contributed by atoms with E-state index in [9.17, 15) is 9.59 Å². The van der Waals surface area contributed by atoms with Crippen LogP contribution in [-0.2, 0) is 16.0 Å². The number of ether oxygens (including phenoxy) is 1. The van der Waals surface area contributed by atoms with E-state index >= 15 is 0 Å². The Kier molecular flexibility index (Phi) is 5.57. The zero-order valence-corrected chi connectivity index (χ0v) is 11.5. The lowest BCUT2D eigenvalue weighted by Gasteiger charge is -2.09. The van der Waals surface area contributed by atoms with Gasteiger partial charge in [0.1, 0.15) is 0 Å². The number of esters is 1. The van der Waals surface area contributed by atoms with E-state index in [1.54, 1.807) is 14.1 Å². The smallest absolute Gasteiger partial charge is 0.323 e. The summed E-state index contributed by atoms with van der Waals surface area (Å²) in [5.74, 6) is -0.216. The number of aromatic nitrogens is 1. The van der Waals surface area contributed by atoms with Crippen molar-refractivity contribution >= 4 is 28.5 Å². The minimum absolute atomic E-state index is 0.203. The molecule has 6 nitrogen and oxygen atoms in total. The zero-order chi connectivity index (χ0) is 13.5. The monoisotopic (exact) mass is 271 g/mol. The van der Waals surface area contributed by atoms with Gasteiger partial charge < -0.3 is 9.64 Å². The third kappa shape index (κ3) is 4.70. The number of methoxy groups -OCH3 is 1. The molecule has 1 N–H and O–H groups in total. The van der Waals surface area contributed by atoms with Crippen LogP contribution in [0.4, 0.5) is 9.93 Å². The van der Waals surface area contributed by atoms with E-state index in [2.05, 4.69) is 15.0 Å². The maximum Gasteiger partial charge on any atom is 0.323 e. The van der Waals surface area contributed by atoms with E-state index in [0.29, 0.717) is 24.4 Å². The minimum atomic E-state index is -0.216. The summed E-state index contributed by atoms with van der Waals surface area (Å²) in [6.45, 7) is 0. The number of nitrogens with one attached hydrogen (secondary N) is 1. The number of hydrogen-bond acceptors (Lipinski definition) is 5. The molecular formula is C11H17N3O3S. The van der Waals surface area contributed by atoms with E-state index < -0.39 is 0 Å². The van der Waals surface area contributed by atoms with Crippen molar-refractivity contribution in [1.82, 2.24) is 9.88 Å². The number of carbonyl (C=O) groups excluding carboxylic acids is 2. The van der Waals surface area contributed by atoms with Gasteiger partial charge in [-0.3, -0.25) is 10.1 Å². The average Bonchev–Trinajstić information content (AvgIpc) is 2.76. The minimum Gasteiger partial charge on any atom is -0.469 e. The van der Waals surface area contributed by atoms with Crippen LogP contribution in [0, 0.1) is 0 Å². The average molecular weight is 271 g/mol. The highest BCUT2D eigenvalue weighted by Gasteiger charge is 2.08. The second-order valence-electron chi connectivity index (χ2n) is 3.90. The van der Waals surface area contributed by atoms with Crippen LogP contribution in [0.3, 0.4) is 0 Å². The van der Waals surface area contributed by atoms with Gasteiger partial charge in [-0.1, -0.05) is 0 Å². The highest BCUT2D eigenvalue weighted by molar-refractivity contribution is 7.13. The summed E-state index contributed by atoms with van der Waals surface area (Å²) in [4.78, 5) is 28.0. The van der Waals surface area contributed by atoms with Gasteiger partial charge in [0, 0.05) is 25.9 Å². The van der Waals surface area contributed by atoms with Gasteiger partial charge in [-0.15, -0.1) is 11.3 Å². The Morgan fingerprint density at radius 3 is 2.83 bits per heavy atom. The first-order chi connectivity index (χ1) is 8.52. The van der Waals surface area contributed by atoms with Gasteiger partial charge in [0.25, 0.3) is 0 Å². The number of hydrogen-bond donors (Lipinski definition) is 1. The third-order valence-electron chi connectivity index (χ3n) is 2.21. The zero-order valence-electron chi connectivity index (χ0n) is 10.7. The second-order valence-corrected chi connectivity index (χ2v) is 4.76. The number of nitrogens with zero attached hydrogens (tertiary/aromatic N) is 2.